The van der Waals surface area contributed by atoms with Crippen LogP contribution >= 0.6 is 11.3 Å². The number of nitrogens with zero attached hydrogens (tertiary/aromatic N) is 3. The van der Waals surface area contributed by atoms with Crippen molar-refractivity contribution in [1.29, 1.82) is 0 Å². The van der Waals surface area contributed by atoms with Crippen LogP contribution in [0.4, 0.5) is 18.3 Å². The number of hydrogen-bond donors (Lipinski definition) is 1. The maximum atomic E-state index is 12.3. The highest BCUT2D eigenvalue weighted by atomic mass is 32.1. The monoisotopic (exact) mass is 274 g/mol. The molecule has 1 N–H and O–H groups in total. The first kappa shape index (κ1) is 12.7. The molecule has 0 aromatic carbocycles. The van der Waals surface area contributed by atoms with Crippen molar-refractivity contribution in [3.63, 3.8) is 0 Å². The van der Waals surface area contributed by atoms with Gasteiger partial charge in [0.05, 0.1) is 0 Å². The summed E-state index contributed by atoms with van der Waals surface area (Å²) >= 11 is 0.491. The molecule has 2 aromatic rings. The van der Waals surface area contributed by atoms with E-state index in [0.29, 0.717) is 17.9 Å². The molecule has 0 atom stereocenters. The van der Waals surface area contributed by atoms with Gasteiger partial charge in [-0.25, -0.2) is 0 Å². The van der Waals surface area contributed by atoms with Crippen molar-refractivity contribution in [1.82, 2.24) is 15.2 Å². The molecular weight excluding hydrogens is 265 g/mol. The predicted octanol–water partition coefficient (Wildman–Crippen LogP) is 2.87. The van der Waals surface area contributed by atoms with Crippen LogP contribution in [0.15, 0.2) is 18.5 Å². The largest absolute Gasteiger partial charge is 0.445 e. The van der Waals surface area contributed by atoms with Crippen LogP contribution in [-0.4, -0.2) is 15.2 Å². The fourth-order valence-electron chi connectivity index (χ4n) is 1.28. The second kappa shape index (κ2) is 4.89. The van der Waals surface area contributed by atoms with Gasteiger partial charge < -0.3 is 5.32 Å². The van der Waals surface area contributed by atoms with Crippen molar-refractivity contribution in [2.75, 3.05) is 5.32 Å². The third-order valence-electron chi connectivity index (χ3n) is 2.23. The van der Waals surface area contributed by atoms with Crippen molar-refractivity contribution in [3.8, 4) is 0 Å². The summed E-state index contributed by atoms with van der Waals surface area (Å²) < 4.78 is 36.9. The summed E-state index contributed by atoms with van der Waals surface area (Å²) in [4.78, 5) is 3.93. The Bertz CT molecular complexity index is 538. The fraction of sp³-hybridized carbons (Fsp3) is 0.300. The normalized spacial score (nSPS) is 11.6. The van der Waals surface area contributed by atoms with E-state index in [2.05, 4.69) is 20.5 Å². The van der Waals surface area contributed by atoms with Gasteiger partial charge in [0.1, 0.15) is 0 Å². The Balaban J connectivity index is 2.03. The Hall–Kier alpha value is -1.70. The van der Waals surface area contributed by atoms with Gasteiger partial charge in [0, 0.05) is 18.9 Å². The van der Waals surface area contributed by atoms with Crippen LogP contribution in [-0.2, 0) is 12.7 Å². The van der Waals surface area contributed by atoms with Gasteiger partial charge in [0.15, 0.2) is 0 Å². The lowest BCUT2D eigenvalue weighted by Crippen LogP contribution is -2.03. The molecule has 0 unspecified atom stereocenters. The number of pyridine rings is 1. The maximum absolute atomic E-state index is 12.3. The van der Waals surface area contributed by atoms with E-state index in [1.54, 1.807) is 18.5 Å². The summed E-state index contributed by atoms with van der Waals surface area (Å²) in [5.74, 6) is 0. The molecule has 96 valence electrons. The Morgan fingerprint density at radius 2 is 2.11 bits per heavy atom. The molecule has 0 fully saturated rings. The zero-order valence-electron chi connectivity index (χ0n) is 9.32. The van der Waals surface area contributed by atoms with Crippen LogP contribution in [0.5, 0.6) is 0 Å². The maximum Gasteiger partial charge on any atom is 0.445 e. The van der Waals surface area contributed by atoms with Gasteiger partial charge in [0.2, 0.25) is 10.1 Å². The van der Waals surface area contributed by atoms with Gasteiger partial charge in [-0.2, -0.15) is 13.2 Å². The zero-order valence-corrected chi connectivity index (χ0v) is 10.1. The van der Waals surface area contributed by atoms with E-state index >= 15 is 0 Å². The lowest BCUT2D eigenvalue weighted by atomic mass is 10.2. The van der Waals surface area contributed by atoms with Crippen LogP contribution in [0.1, 0.15) is 16.1 Å². The molecule has 2 aromatic heterocycles. The molecule has 0 amide bonds. The molecular formula is C10H9F3N4S. The zero-order chi connectivity index (χ0) is 13.2. The summed E-state index contributed by atoms with van der Waals surface area (Å²) in [6.45, 7) is 2.27. The van der Waals surface area contributed by atoms with E-state index in [1.807, 2.05) is 6.92 Å². The van der Waals surface area contributed by atoms with E-state index in [4.69, 9.17) is 0 Å². The Kier molecular flexibility index (Phi) is 3.46. The molecule has 8 heteroatoms. The summed E-state index contributed by atoms with van der Waals surface area (Å²) in [6, 6.07) is 1.80. The van der Waals surface area contributed by atoms with Gasteiger partial charge in [-0.15, -0.1) is 10.2 Å². The Morgan fingerprint density at radius 1 is 1.33 bits per heavy atom. The number of aryl methyl sites for hydroxylation is 1. The quantitative estimate of drug-likeness (QED) is 0.935. The molecule has 0 saturated carbocycles. The van der Waals surface area contributed by atoms with Crippen molar-refractivity contribution < 1.29 is 13.2 Å². The van der Waals surface area contributed by atoms with Crippen LogP contribution < -0.4 is 5.32 Å². The molecule has 18 heavy (non-hydrogen) atoms. The number of alkyl halides is 3. The molecule has 4 nitrogen and oxygen atoms in total. The standard InChI is InChI=1S/C10H9F3N4S/c1-6-4-14-3-2-7(6)5-15-9-17-16-8(18-9)10(11,12)13/h2-4H,5H2,1H3,(H,15,17). The summed E-state index contributed by atoms with van der Waals surface area (Å²) in [6.07, 6.45) is -1.12. The highest BCUT2D eigenvalue weighted by molar-refractivity contribution is 7.15. The first-order chi connectivity index (χ1) is 8.47. The highest BCUT2D eigenvalue weighted by Crippen LogP contribution is 2.33. The number of anilines is 1. The van der Waals surface area contributed by atoms with Gasteiger partial charge in [0.25, 0.3) is 0 Å². The minimum absolute atomic E-state index is 0.151. The van der Waals surface area contributed by atoms with E-state index in [-0.39, 0.29) is 5.13 Å². The number of nitrogens with one attached hydrogen (secondary N) is 1. The average Bonchev–Trinajstić information content (AvgIpc) is 2.76. The first-order valence-corrected chi connectivity index (χ1v) is 5.82. The summed E-state index contributed by atoms with van der Waals surface area (Å²) in [5.41, 5.74) is 1.92. The molecule has 0 spiro atoms. The van der Waals surface area contributed by atoms with Crippen LogP contribution in [0.25, 0.3) is 0 Å². The molecule has 0 aliphatic heterocycles. The minimum atomic E-state index is -4.44. The van der Waals surface area contributed by atoms with Crippen LogP contribution in [0.2, 0.25) is 0 Å². The topological polar surface area (TPSA) is 50.7 Å². The highest BCUT2D eigenvalue weighted by Gasteiger charge is 2.35. The smallest absolute Gasteiger partial charge is 0.356 e. The molecule has 0 bridgehead atoms. The molecule has 0 aliphatic rings. The molecule has 0 saturated heterocycles. The van der Waals surface area contributed by atoms with Crippen molar-refractivity contribution in [2.24, 2.45) is 0 Å². The third kappa shape index (κ3) is 2.95. The van der Waals surface area contributed by atoms with Crippen molar-refractivity contribution >= 4 is 16.5 Å². The summed E-state index contributed by atoms with van der Waals surface area (Å²) in [7, 11) is 0. The second-order valence-corrected chi connectivity index (χ2v) is 4.54. The Morgan fingerprint density at radius 3 is 2.72 bits per heavy atom. The third-order valence-corrected chi connectivity index (χ3v) is 3.16. The SMILES string of the molecule is Cc1cnccc1CNc1nnc(C(F)(F)F)s1. The lowest BCUT2D eigenvalue weighted by Gasteiger charge is -2.04. The van der Waals surface area contributed by atoms with Crippen molar-refractivity contribution in [2.45, 2.75) is 19.6 Å². The minimum Gasteiger partial charge on any atom is -0.356 e. The molecule has 0 radical (unpaired) electrons. The average molecular weight is 274 g/mol. The van der Waals surface area contributed by atoms with Gasteiger partial charge in [-0.05, 0) is 24.1 Å². The summed E-state index contributed by atoms with van der Waals surface area (Å²) in [5, 5.41) is 8.56. The van der Waals surface area contributed by atoms with Crippen LogP contribution in [0, 0.1) is 6.92 Å². The Labute approximate surface area is 105 Å². The number of halogens is 3. The first-order valence-electron chi connectivity index (χ1n) is 5.01. The van der Waals surface area contributed by atoms with E-state index < -0.39 is 11.2 Å². The van der Waals surface area contributed by atoms with E-state index in [9.17, 15) is 13.2 Å². The predicted molar refractivity (Wildman–Crippen MR) is 61.2 cm³/mol. The van der Waals surface area contributed by atoms with Crippen LogP contribution in [0.3, 0.4) is 0 Å². The number of rotatable bonds is 3. The van der Waals surface area contributed by atoms with E-state index in [0.717, 1.165) is 11.1 Å². The fourth-order valence-corrected chi connectivity index (χ4v) is 1.89. The van der Waals surface area contributed by atoms with Gasteiger partial charge in [-0.1, -0.05) is 11.3 Å². The number of aromatic nitrogens is 3. The van der Waals surface area contributed by atoms with Gasteiger partial charge in [-0.3, -0.25) is 4.98 Å². The lowest BCUT2D eigenvalue weighted by molar-refractivity contribution is -0.138. The van der Waals surface area contributed by atoms with Gasteiger partial charge >= 0.3 is 6.18 Å². The molecule has 2 rings (SSSR count). The second-order valence-electron chi connectivity index (χ2n) is 3.57. The molecule has 2 heterocycles. The van der Waals surface area contributed by atoms with Crippen molar-refractivity contribution in [3.05, 3.63) is 34.6 Å². The molecule has 0 aliphatic carbocycles. The van der Waals surface area contributed by atoms with E-state index in [1.165, 1.54) is 0 Å². The number of hydrogen-bond acceptors (Lipinski definition) is 5.